The van der Waals surface area contributed by atoms with E-state index in [1.807, 2.05) is 0 Å². The fraction of sp³-hybridized carbons (Fsp3) is 1.00. The highest BCUT2D eigenvalue weighted by Crippen LogP contribution is 2.28. The maximum absolute atomic E-state index is 3.80. The summed E-state index contributed by atoms with van der Waals surface area (Å²) < 4.78 is 0. The molecule has 0 aromatic heterocycles. The number of rotatable bonds is 5. The third-order valence-electron chi connectivity index (χ3n) is 4.72. The van der Waals surface area contributed by atoms with Crippen LogP contribution >= 0.6 is 11.8 Å². The van der Waals surface area contributed by atoms with Crippen LogP contribution in [0.4, 0.5) is 0 Å². The molecule has 2 aliphatic carbocycles. The van der Waals surface area contributed by atoms with Crippen LogP contribution in [0.3, 0.4) is 0 Å². The van der Waals surface area contributed by atoms with Crippen molar-refractivity contribution in [1.82, 2.24) is 5.32 Å². The molecule has 100 valence electrons. The molecule has 1 nitrogen and oxygen atoms in total. The number of nitrogens with one attached hydrogen (secondary N) is 1. The van der Waals surface area contributed by atoms with Crippen LogP contribution in [-0.2, 0) is 0 Å². The van der Waals surface area contributed by atoms with Crippen molar-refractivity contribution in [3.05, 3.63) is 0 Å². The van der Waals surface area contributed by atoms with E-state index < -0.39 is 0 Å². The Kier molecular flexibility index (Phi) is 6.21. The van der Waals surface area contributed by atoms with E-state index in [1.54, 1.807) is 0 Å². The van der Waals surface area contributed by atoms with Crippen molar-refractivity contribution >= 4 is 11.8 Å². The lowest BCUT2D eigenvalue weighted by Gasteiger charge is -2.29. The van der Waals surface area contributed by atoms with Crippen LogP contribution in [0, 0.1) is 5.92 Å². The maximum atomic E-state index is 3.80. The average Bonchev–Trinajstić information content (AvgIpc) is 2.41. The Morgan fingerprint density at radius 3 is 2.29 bits per heavy atom. The van der Waals surface area contributed by atoms with Crippen LogP contribution in [-0.4, -0.2) is 24.1 Å². The van der Waals surface area contributed by atoms with Crippen molar-refractivity contribution in [2.24, 2.45) is 5.92 Å². The second-order valence-electron chi connectivity index (χ2n) is 5.96. The molecule has 1 N–H and O–H groups in total. The van der Waals surface area contributed by atoms with Crippen LogP contribution in [0.25, 0.3) is 0 Å². The molecule has 0 aliphatic heterocycles. The van der Waals surface area contributed by atoms with Gasteiger partial charge in [0.2, 0.25) is 0 Å². The van der Waals surface area contributed by atoms with Gasteiger partial charge in [-0.25, -0.2) is 0 Å². The smallest absolute Gasteiger partial charge is 0.00678 e. The molecule has 2 aliphatic rings. The molecule has 2 rings (SSSR count). The molecule has 0 radical (unpaired) electrons. The van der Waals surface area contributed by atoms with Crippen LogP contribution < -0.4 is 5.32 Å². The van der Waals surface area contributed by atoms with Gasteiger partial charge in [-0.3, -0.25) is 0 Å². The third-order valence-corrected chi connectivity index (χ3v) is 5.86. The van der Waals surface area contributed by atoms with E-state index in [1.165, 1.54) is 70.8 Å². The maximum Gasteiger partial charge on any atom is 0.00678 e. The van der Waals surface area contributed by atoms with Gasteiger partial charge < -0.3 is 5.32 Å². The van der Waals surface area contributed by atoms with E-state index in [9.17, 15) is 0 Å². The first-order valence-corrected chi connectivity index (χ1v) is 8.93. The number of hydrogen-bond acceptors (Lipinski definition) is 2. The molecule has 0 atom stereocenters. The molecule has 0 unspecified atom stereocenters. The summed E-state index contributed by atoms with van der Waals surface area (Å²) in [6.07, 6.45) is 16.9. The zero-order valence-corrected chi connectivity index (χ0v) is 12.2. The molecule has 0 spiro atoms. The fourth-order valence-corrected chi connectivity index (χ4v) is 4.21. The van der Waals surface area contributed by atoms with Gasteiger partial charge >= 0.3 is 0 Å². The zero-order valence-electron chi connectivity index (χ0n) is 11.4. The van der Waals surface area contributed by atoms with Crippen molar-refractivity contribution in [2.45, 2.75) is 75.5 Å². The molecular weight excluding hydrogens is 226 g/mol. The molecule has 0 aromatic rings. The highest BCUT2D eigenvalue weighted by molar-refractivity contribution is 7.99. The molecule has 0 amide bonds. The summed E-state index contributed by atoms with van der Waals surface area (Å²) >= 11 is 2.07. The van der Waals surface area contributed by atoms with Crippen LogP contribution in [0.15, 0.2) is 0 Å². The van der Waals surface area contributed by atoms with Gasteiger partial charge in [0.15, 0.2) is 0 Å². The molecule has 2 heteroatoms. The van der Waals surface area contributed by atoms with E-state index in [-0.39, 0.29) is 0 Å². The van der Waals surface area contributed by atoms with Gasteiger partial charge in [0.25, 0.3) is 0 Å². The third kappa shape index (κ3) is 4.82. The summed E-state index contributed by atoms with van der Waals surface area (Å²) in [4.78, 5) is 0. The molecular formula is C15H29NS. The molecule has 17 heavy (non-hydrogen) atoms. The van der Waals surface area contributed by atoms with Gasteiger partial charge in [-0.05, 0) is 50.8 Å². The van der Waals surface area contributed by atoms with Gasteiger partial charge in [0.05, 0.1) is 0 Å². The minimum atomic E-state index is 0.835. The SMILES string of the molecule is CSC1CCC(NCCC2CCCCC2)CC1. The van der Waals surface area contributed by atoms with E-state index in [2.05, 4.69) is 23.3 Å². The second kappa shape index (κ2) is 7.68. The second-order valence-corrected chi connectivity index (χ2v) is 7.09. The highest BCUT2D eigenvalue weighted by atomic mass is 32.2. The van der Waals surface area contributed by atoms with Crippen molar-refractivity contribution in [3.8, 4) is 0 Å². The minimum Gasteiger partial charge on any atom is -0.314 e. The Balaban J connectivity index is 1.53. The minimum absolute atomic E-state index is 0.835. The summed E-state index contributed by atoms with van der Waals surface area (Å²) in [5.74, 6) is 1.04. The van der Waals surface area contributed by atoms with Crippen LogP contribution in [0.2, 0.25) is 0 Å². The van der Waals surface area contributed by atoms with Crippen molar-refractivity contribution in [2.75, 3.05) is 12.8 Å². The van der Waals surface area contributed by atoms with E-state index in [4.69, 9.17) is 0 Å². The number of hydrogen-bond donors (Lipinski definition) is 1. The highest BCUT2D eigenvalue weighted by Gasteiger charge is 2.20. The molecule has 0 heterocycles. The Morgan fingerprint density at radius 1 is 0.941 bits per heavy atom. The predicted molar refractivity (Wildman–Crippen MR) is 78.8 cm³/mol. The van der Waals surface area contributed by atoms with Gasteiger partial charge in [0, 0.05) is 11.3 Å². The van der Waals surface area contributed by atoms with E-state index >= 15 is 0 Å². The standard InChI is InChI=1S/C15H29NS/c1-17-15-9-7-14(8-10-15)16-12-11-13-5-3-2-4-6-13/h13-16H,2-12H2,1H3. The molecule has 2 fully saturated rings. The predicted octanol–water partition coefficient (Wildman–Crippen LogP) is 4.22. The Labute approximate surface area is 112 Å². The van der Waals surface area contributed by atoms with E-state index in [0.29, 0.717) is 0 Å². The van der Waals surface area contributed by atoms with Gasteiger partial charge in [-0.2, -0.15) is 11.8 Å². The van der Waals surface area contributed by atoms with Gasteiger partial charge in [-0.1, -0.05) is 32.1 Å². The fourth-order valence-electron chi connectivity index (χ4n) is 3.47. The lowest BCUT2D eigenvalue weighted by atomic mass is 9.87. The van der Waals surface area contributed by atoms with Crippen molar-refractivity contribution in [3.63, 3.8) is 0 Å². The molecule has 0 saturated heterocycles. The first-order chi connectivity index (χ1) is 8.38. The average molecular weight is 255 g/mol. The zero-order chi connectivity index (χ0) is 11.9. The topological polar surface area (TPSA) is 12.0 Å². The molecule has 0 bridgehead atoms. The molecule has 2 saturated carbocycles. The normalized spacial score (nSPS) is 31.6. The lowest BCUT2D eigenvalue weighted by Crippen LogP contribution is -2.35. The van der Waals surface area contributed by atoms with Crippen molar-refractivity contribution < 1.29 is 0 Å². The quantitative estimate of drug-likeness (QED) is 0.789. The Morgan fingerprint density at radius 2 is 1.65 bits per heavy atom. The summed E-state index contributed by atoms with van der Waals surface area (Å²) in [6, 6.07) is 0.835. The van der Waals surface area contributed by atoms with Crippen LogP contribution in [0.1, 0.15) is 64.2 Å². The van der Waals surface area contributed by atoms with Gasteiger partial charge in [-0.15, -0.1) is 0 Å². The Hall–Kier alpha value is 0.310. The Bertz CT molecular complexity index is 193. The molecule has 0 aromatic carbocycles. The first-order valence-electron chi connectivity index (χ1n) is 7.64. The first kappa shape index (κ1) is 13.7. The number of thioether (sulfide) groups is 1. The van der Waals surface area contributed by atoms with Crippen molar-refractivity contribution in [1.29, 1.82) is 0 Å². The monoisotopic (exact) mass is 255 g/mol. The summed E-state index contributed by atoms with van der Waals surface area (Å²) in [5.41, 5.74) is 0. The van der Waals surface area contributed by atoms with Crippen LogP contribution in [0.5, 0.6) is 0 Å². The summed E-state index contributed by atoms with van der Waals surface area (Å²) in [6.45, 7) is 1.28. The summed E-state index contributed by atoms with van der Waals surface area (Å²) in [5, 5.41) is 4.75. The largest absolute Gasteiger partial charge is 0.314 e. The van der Waals surface area contributed by atoms with E-state index in [0.717, 1.165) is 17.2 Å². The van der Waals surface area contributed by atoms with Gasteiger partial charge in [0.1, 0.15) is 0 Å². The lowest BCUT2D eigenvalue weighted by molar-refractivity contribution is 0.313. The summed E-state index contributed by atoms with van der Waals surface area (Å²) in [7, 11) is 0.